The topological polar surface area (TPSA) is 139 Å². The number of rotatable bonds is 6. The zero-order chi connectivity index (χ0) is 10.5. The highest BCUT2D eigenvalue weighted by atomic mass is 32.2. The summed E-state index contributed by atoms with van der Waals surface area (Å²) in [5.41, 5.74) is -1.14. The van der Waals surface area contributed by atoms with E-state index in [0.717, 1.165) is 0 Å². The second-order valence-electron chi connectivity index (χ2n) is 3.08. The van der Waals surface area contributed by atoms with Gasteiger partial charge in [-0.1, -0.05) is 6.92 Å². The SMILES string of the molecule is CC(CO)(CO)CS(=O)(=O)OCO.N. The first-order valence-corrected chi connectivity index (χ1v) is 5.16. The second-order valence-corrected chi connectivity index (χ2v) is 4.72. The Hall–Kier alpha value is -0.250. The van der Waals surface area contributed by atoms with E-state index < -0.39 is 41.3 Å². The van der Waals surface area contributed by atoms with E-state index in [4.69, 9.17) is 15.3 Å². The van der Waals surface area contributed by atoms with E-state index in [2.05, 4.69) is 4.18 Å². The molecule has 0 aromatic rings. The smallest absolute Gasteiger partial charge is 0.270 e. The van der Waals surface area contributed by atoms with Gasteiger partial charge in [-0.05, 0) is 0 Å². The van der Waals surface area contributed by atoms with Crippen molar-refractivity contribution in [3.05, 3.63) is 0 Å². The Balaban J connectivity index is 0. The highest BCUT2D eigenvalue weighted by molar-refractivity contribution is 7.86. The van der Waals surface area contributed by atoms with Crippen molar-refractivity contribution >= 4 is 10.1 Å². The molecule has 7 nitrogen and oxygen atoms in total. The van der Waals surface area contributed by atoms with Gasteiger partial charge in [0, 0.05) is 5.41 Å². The Morgan fingerprint density at radius 1 is 1.21 bits per heavy atom. The van der Waals surface area contributed by atoms with Crippen LogP contribution in [0.15, 0.2) is 0 Å². The zero-order valence-electron chi connectivity index (χ0n) is 8.01. The van der Waals surface area contributed by atoms with Crippen molar-refractivity contribution in [2.75, 3.05) is 25.8 Å². The van der Waals surface area contributed by atoms with Crippen LogP contribution in [0.2, 0.25) is 0 Å². The molecular weight excluding hydrogens is 214 g/mol. The molecule has 0 saturated carbocycles. The molecule has 0 aromatic carbocycles. The molecule has 88 valence electrons. The summed E-state index contributed by atoms with van der Waals surface area (Å²) in [6, 6.07) is 0. The summed E-state index contributed by atoms with van der Waals surface area (Å²) >= 11 is 0. The maximum Gasteiger partial charge on any atom is 0.270 e. The third kappa shape index (κ3) is 5.47. The van der Waals surface area contributed by atoms with Crippen LogP contribution in [-0.2, 0) is 14.3 Å². The molecule has 0 rings (SSSR count). The first-order chi connectivity index (χ1) is 5.89. The van der Waals surface area contributed by atoms with E-state index in [-0.39, 0.29) is 6.15 Å². The van der Waals surface area contributed by atoms with Gasteiger partial charge >= 0.3 is 0 Å². The van der Waals surface area contributed by atoms with Crippen LogP contribution in [0.4, 0.5) is 0 Å². The van der Waals surface area contributed by atoms with Crippen molar-refractivity contribution < 1.29 is 27.9 Å². The molecule has 0 radical (unpaired) electrons. The van der Waals surface area contributed by atoms with Crippen molar-refractivity contribution in [2.24, 2.45) is 5.41 Å². The maximum atomic E-state index is 11.0. The highest BCUT2D eigenvalue weighted by Gasteiger charge is 2.30. The Labute approximate surface area is 83.0 Å². The summed E-state index contributed by atoms with van der Waals surface area (Å²) in [5.74, 6) is -0.534. The molecule has 0 unspecified atom stereocenters. The van der Waals surface area contributed by atoms with Crippen LogP contribution in [-0.4, -0.2) is 49.5 Å². The van der Waals surface area contributed by atoms with Crippen molar-refractivity contribution in [3.8, 4) is 0 Å². The molecule has 0 aliphatic rings. The number of aliphatic hydroxyl groups is 3. The first-order valence-electron chi connectivity index (χ1n) is 3.59. The van der Waals surface area contributed by atoms with Crippen molar-refractivity contribution in [1.82, 2.24) is 6.15 Å². The molecule has 0 heterocycles. The zero-order valence-corrected chi connectivity index (χ0v) is 8.83. The molecule has 8 heteroatoms. The van der Waals surface area contributed by atoms with E-state index in [1.807, 2.05) is 0 Å². The molecule has 0 aromatic heterocycles. The van der Waals surface area contributed by atoms with Crippen molar-refractivity contribution in [2.45, 2.75) is 6.92 Å². The lowest BCUT2D eigenvalue weighted by Gasteiger charge is -2.23. The maximum absolute atomic E-state index is 11.0. The second kappa shape index (κ2) is 6.27. The van der Waals surface area contributed by atoms with Crippen LogP contribution in [0.5, 0.6) is 0 Å². The van der Waals surface area contributed by atoms with E-state index in [1.165, 1.54) is 6.92 Å². The minimum absolute atomic E-state index is 0. The summed E-state index contributed by atoms with van der Waals surface area (Å²) in [6.07, 6.45) is 0. The Kier molecular flexibility index (Phi) is 7.26. The molecule has 0 bridgehead atoms. The van der Waals surface area contributed by atoms with Gasteiger partial charge in [-0.25, -0.2) is 4.18 Å². The summed E-state index contributed by atoms with van der Waals surface area (Å²) in [6.45, 7) is -0.490. The normalized spacial score (nSPS) is 12.3. The predicted octanol–water partition coefficient (Wildman–Crippen LogP) is -1.56. The lowest BCUT2D eigenvalue weighted by atomic mass is 9.96. The fraction of sp³-hybridized carbons (Fsp3) is 1.00. The Bertz CT molecular complexity index is 235. The largest absolute Gasteiger partial charge is 0.396 e. The third-order valence-corrected chi connectivity index (χ3v) is 3.04. The lowest BCUT2D eigenvalue weighted by Crippen LogP contribution is -2.35. The van der Waals surface area contributed by atoms with Gasteiger partial charge in [0.25, 0.3) is 10.1 Å². The number of hydrogen-bond acceptors (Lipinski definition) is 7. The first kappa shape index (κ1) is 16.2. The molecular formula is C6H17NO6S. The Morgan fingerprint density at radius 3 is 1.93 bits per heavy atom. The standard InChI is InChI=1S/C6H14O6S.H3N/c1-6(2-7,3-8)4-13(10,11)12-5-9;/h7-9H,2-5H2,1H3;1H3. The van der Waals surface area contributed by atoms with Gasteiger partial charge in [0.1, 0.15) is 0 Å². The molecule has 0 fully saturated rings. The quantitative estimate of drug-likeness (QED) is 0.320. The fourth-order valence-corrected chi connectivity index (χ4v) is 1.97. The van der Waals surface area contributed by atoms with Crippen LogP contribution in [0.1, 0.15) is 6.92 Å². The summed E-state index contributed by atoms with van der Waals surface area (Å²) < 4.78 is 26.0. The van der Waals surface area contributed by atoms with Gasteiger partial charge < -0.3 is 21.5 Å². The lowest BCUT2D eigenvalue weighted by molar-refractivity contribution is 0.0760. The summed E-state index contributed by atoms with van der Waals surface area (Å²) in [7, 11) is -3.88. The molecule has 14 heavy (non-hydrogen) atoms. The van der Waals surface area contributed by atoms with E-state index in [9.17, 15) is 8.42 Å². The van der Waals surface area contributed by atoms with Crippen molar-refractivity contribution in [3.63, 3.8) is 0 Å². The predicted molar refractivity (Wildman–Crippen MR) is 49.3 cm³/mol. The van der Waals surface area contributed by atoms with Crippen LogP contribution in [0.3, 0.4) is 0 Å². The summed E-state index contributed by atoms with van der Waals surface area (Å²) in [4.78, 5) is 0. The minimum Gasteiger partial charge on any atom is -0.396 e. The monoisotopic (exact) mass is 231 g/mol. The molecule has 0 aliphatic carbocycles. The summed E-state index contributed by atoms with van der Waals surface area (Å²) in [5, 5.41) is 25.8. The average Bonchev–Trinajstić information content (AvgIpc) is 2.03. The molecule has 0 amide bonds. The van der Waals surface area contributed by atoms with E-state index in [0.29, 0.717) is 0 Å². The Morgan fingerprint density at radius 2 is 1.64 bits per heavy atom. The third-order valence-electron chi connectivity index (χ3n) is 1.52. The van der Waals surface area contributed by atoms with Crippen LogP contribution in [0, 0.1) is 5.41 Å². The van der Waals surface area contributed by atoms with Crippen LogP contribution >= 0.6 is 0 Å². The average molecular weight is 231 g/mol. The van der Waals surface area contributed by atoms with Crippen LogP contribution in [0.25, 0.3) is 0 Å². The molecule has 6 N–H and O–H groups in total. The van der Waals surface area contributed by atoms with Gasteiger partial charge in [-0.3, -0.25) is 0 Å². The van der Waals surface area contributed by atoms with E-state index in [1.54, 1.807) is 0 Å². The van der Waals surface area contributed by atoms with Gasteiger partial charge in [0.2, 0.25) is 0 Å². The number of aliphatic hydroxyl groups excluding tert-OH is 3. The van der Waals surface area contributed by atoms with Gasteiger partial charge in [-0.2, -0.15) is 8.42 Å². The van der Waals surface area contributed by atoms with Crippen LogP contribution < -0.4 is 6.15 Å². The minimum atomic E-state index is -3.88. The number of hydrogen-bond donors (Lipinski definition) is 4. The highest BCUT2D eigenvalue weighted by Crippen LogP contribution is 2.17. The van der Waals surface area contributed by atoms with Crippen molar-refractivity contribution in [1.29, 1.82) is 0 Å². The van der Waals surface area contributed by atoms with Gasteiger partial charge in [0.15, 0.2) is 6.79 Å². The fourth-order valence-electron chi connectivity index (χ4n) is 0.690. The van der Waals surface area contributed by atoms with E-state index >= 15 is 0 Å². The van der Waals surface area contributed by atoms with Gasteiger partial charge in [0.05, 0.1) is 19.0 Å². The molecule has 0 aliphatic heterocycles. The molecule has 0 atom stereocenters. The molecule has 0 spiro atoms. The van der Waals surface area contributed by atoms with Gasteiger partial charge in [-0.15, -0.1) is 0 Å². The molecule has 0 saturated heterocycles.